The maximum Gasteiger partial charge on any atom is 0.491 e. The van der Waals surface area contributed by atoms with E-state index in [0.29, 0.717) is 25.1 Å². The van der Waals surface area contributed by atoms with Gasteiger partial charge in [0, 0.05) is 5.69 Å². The summed E-state index contributed by atoms with van der Waals surface area (Å²) in [6.45, 7) is 0.193. The molecule has 1 aromatic carbocycles. The van der Waals surface area contributed by atoms with E-state index in [1.807, 2.05) is 0 Å². The van der Waals surface area contributed by atoms with Crippen molar-refractivity contribution in [3.05, 3.63) is 30.3 Å². The fourth-order valence-corrected chi connectivity index (χ4v) is 2.30. The maximum atomic E-state index is 12.4. The van der Waals surface area contributed by atoms with Gasteiger partial charge >= 0.3 is 12.1 Å². The number of hydrogen-bond donors (Lipinski definition) is 3. The summed E-state index contributed by atoms with van der Waals surface area (Å²) >= 11 is 0. The standard InChI is InChI=1S/C14H17F3N2O3/c15-14(16,17)12(20)22-13(21,11-7-4-8-18-11)9-19-10-5-2-1-3-6-10/h1-3,5-6,11,18-19,21H,4,7-9H2/t11-,13?/m1/s1. The van der Waals surface area contributed by atoms with Crippen LogP contribution in [0.4, 0.5) is 18.9 Å². The number of benzene rings is 1. The number of esters is 1. The number of para-hydroxylation sites is 1. The Morgan fingerprint density at radius 2 is 2.05 bits per heavy atom. The number of carbonyl (C=O) groups excluding carboxylic acids is 1. The molecule has 1 unspecified atom stereocenters. The Morgan fingerprint density at radius 1 is 1.36 bits per heavy atom. The molecule has 8 heteroatoms. The van der Waals surface area contributed by atoms with E-state index in [4.69, 9.17) is 0 Å². The molecular formula is C14H17F3N2O3. The number of rotatable bonds is 5. The molecule has 5 nitrogen and oxygen atoms in total. The Labute approximate surface area is 125 Å². The zero-order chi connectivity index (χ0) is 16.2. The Hall–Kier alpha value is -1.80. The van der Waals surface area contributed by atoms with Gasteiger partial charge in [-0.15, -0.1) is 0 Å². The van der Waals surface area contributed by atoms with Crippen molar-refractivity contribution in [2.75, 3.05) is 18.4 Å². The molecule has 1 fully saturated rings. The molecule has 1 aromatic rings. The smallest absolute Gasteiger partial charge is 0.423 e. The van der Waals surface area contributed by atoms with Gasteiger partial charge in [-0.25, -0.2) is 4.79 Å². The topological polar surface area (TPSA) is 70.6 Å². The highest BCUT2D eigenvalue weighted by Crippen LogP contribution is 2.26. The van der Waals surface area contributed by atoms with Crippen LogP contribution >= 0.6 is 0 Å². The zero-order valence-electron chi connectivity index (χ0n) is 11.7. The van der Waals surface area contributed by atoms with Crippen LogP contribution in [0.15, 0.2) is 30.3 Å². The third-order valence-electron chi connectivity index (χ3n) is 3.43. The van der Waals surface area contributed by atoms with E-state index >= 15 is 0 Å². The monoisotopic (exact) mass is 318 g/mol. The minimum Gasteiger partial charge on any atom is -0.423 e. The fourth-order valence-electron chi connectivity index (χ4n) is 2.30. The van der Waals surface area contributed by atoms with E-state index in [1.54, 1.807) is 30.3 Å². The molecule has 0 saturated carbocycles. The molecule has 1 saturated heterocycles. The van der Waals surface area contributed by atoms with Crippen molar-refractivity contribution in [2.24, 2.45) is 0 Å². The van der Waals surface area contributed by atoms with Gasteiger partial charge in [-0.1, -0.05) is 18.2 Å². The van der Waals surface area contributed by atoms with Crippen LogP contribution in [0.5, 0.6) is 0 Å². The highest BCUT2D eigenvalue weighted by atomic mass is 19.4. The largest absolute Gasteiger partial charge is 0.491 e. The van der Waals surface area contributed by atoms with E-state index in [1.165, 1.54) is 0 Å². The first kappa shape index (κ1) is 16.6. The lowest BCUT2D eigenvalue weighted by Crippen LogP contribution is -2.56. The molecule has 0 aromatic heterocycles. The summed E-state index contributed by atoms with van der Waals surface area (Å²) < 4.78 is 41.6. The summed E-state index contributed by atoms with van der Waals surface area (Å²) in [4.78, 5) is 11.1. The fraction of sp³-hybridized carbons (Fsp3) is 0.500. The van der Waals surface area contributed by atoms with Gasteiger partial charge in [-0.05, 0) is 31.5 Å². The first-order valence-corrected chi connectivity index (χ1v) is 6.86. The van der Waals surface area contributed by atoms with Gasteiger partial charge in [-0.3, -0.25) is 0 Å². The number of halogens is 3. The van der Waals surface area contributed by atoms with Crippen LogP contribution in [0.2, 0.25) is 0 Å². The van der Waals surface area contributed by atoms with Gasteiger partial charge in [0.15, 0.2) is 0 Å². The van der Waals surface area contributed by atoms with Gasteiger partial charge in [0.05, 0.1) is 12.6 Å². The second kappa shape index (κ2) is 6.53. The van der Waals surface area contributed by atoms with Gasteiger partial charge in [0.1, 0.15) is 0 Å². The van der Waals surface area contributed by atoms with Crippen LogP contribution in [-0.4, -0.2) is 42.2 Å². The van der Waals surface area contributed by atoms with Gasteiger partial charge in [0.25, 0.3) is 0 Å². The number of ether oxygens (including phenoxy) is 1. The first-order chi connectivity index (χ1) is 10.3. The molecule has 0 amide bonds. The van der Waals surface area contributed by atoms with Crippen LogP contribution < -0.4 is 10.6 Å². The Kier molecular flexibility index (Phi) is 4.92. The van der Waals surface area contributed by atoms with Crippen LogP contribution in [-0.2, 0) is 9.53 Å². The summed E-state index contributed by atoms with van der Waals surface area (Å²) in [5.74, 6) is -4.68. The molecule has 22 heavy (non-hydrogen) atoms. The van der Waals surface area contributed by atoms with Crippen molar-refractivity contribution in [2.45, 2.75) is 30.8 Å². The number of carbonyl (C=O) groups is 1. The lowest BCUT2D eigenvalue weighted by Gasteiger charge is -2.34. The molecule has 122 valence electrons. The predicted molar refractivity (Wildman–Crippen MR) is 73.1 cm³/mol. The van der Waals surface area contributed by atoms with Crippen molar-refractivity contribution in [3.8, 4) is 0 Å². The van der Waals surface area contributed by atoms with E-state index in [9.17, 15) is 23.1 Å². The summed E-state index contributed by atoms with van der Waals surface area (Å²) in [5, 5.41) is 16.1. The lowest BCUT2D eigenvalue weighted by atomic mass is 10.0. The van der Waals surface area contributed by atoms with Crippen molar-refractivity contribution in [1.29, 1.82) is 0 Å². The Bertz CT molecular complexity index is 504. The van der Waals surface area contributed by atoms with Gasteiger partial charge in [-0.2, -0.15) is 13.2 Å². The quantitative estimate of drug-likeness (QED) is 0.569. The highest BCUT2D eigenvalue weighted by molar-refractivity contribution is 5.76. The number of anilines is 1. The minimum absolute atomic E-state index is 0.351. The molecule has 0 radical (unpaired) electrons. The molecule has 1 heterocycles. The van der Waals surface area contributed by atoms with E-state index in [0.717, 1.165) is 0 Å². The van der Waals surface area contributed by atoms with Crippen molar-refractivity contribution in [1.82, 2.24) is 5.32 Å². The molecule has 3 N–H and O–H groups in total. The Morgan fingerprint density at radius 3 is 2.59 bits per heavy atom. The van der Waals surface area contributed by atoms with Crippen LogP contribution in [0.3, 0.4) is 0 Å². The molecule has 0 spiro atoms. The van der Waals surface area contributed by atoms with Crippen LogP contribution in [0.25, 0.3) is 0 Å². The number of alkyl halides is 3. The van der Waals surface area contributed by atoms with Crippen LogP contribution in [0, 0.1) is 0 Å². The molecule has 2 atom stereocenters. The molecular weight excluding hydrogens is 301 g/mol. The number of aliphatic hydroxyl groups is 1. The Balaban J connectivity index is 2.09. The third-order valence-corrected chi connectivity index (χ3v) is 3.43. The van der Waals surface area contributed by atoms with Gasteiger partial charge < -0.3 is 20.5 Å². The summed E-state index contributed by atoms with van der Waals surface area (Å²) in [7, 11) is 0. The lowest BCUT2D eigenvalue weighted by molar-refractivity contribution is -0.250. The SMILES string of the molecule is O=C(OC(O)(CNc1ccccc1)[C@H]1CCCN1)C(F)(F)F. The summed E-state index contributed by atoms with van der Waals surface area (Å²) in [6, 6.07) is 7.87. The molecule has 0 bridgehead atoms. The average Bonchev–Trinajstić information content (AvgIpc) is 3.00. The molecule has 0 aliphatic carbocycles. The number of nitrogens with one attached hydrogen (secondary N) is 2. The highest BCUT2D eigenvalue weighted by Gasteiger charge is 2.49. The summed E-state index contributed by atoms with van der Waals surface area (Å²) in [5.41, 5.74) is 0.599. The second-order valence-corrected chi connectivity index (χ2v) is 5.10. The minimum atomic E-state index is -5.15. The zero-order valence-corrected chi connectivity index (χ0v) is 11.7. The van der Waals surface area contributed by atoms with E-state index < -0.39 is 24.0 Å². The second-order valence-electron chi connectivity index (χ2n) is 5.10. The van der Waals surface area contributed by atoms with Crippen LogP contribution in [0.1, 0.15) is 12.8 Å². The van der Waals surface area contributed by atoms with E-state index in [2.05, 4.69) is 15.4 Å². The average molecular weight is 318 g/mol. The maximum absolute atomic E-state index is 12.4. The van der Waals surface area contributed by atoms with Crippen molar-refractivity contribution < 1.29 is 27.8 Å². The summed E-state index contributed by atoms with van der Waals surface area (Å²) in [6.07, 6.45) is -4.06. The van der Waals surface area contributed by atoms with Crippen molar-refractivity contribution in [3.63, 3.8) is 0 Å². The normalized spacial score (nSPS) is 21.2. The third kappa shape index (κ3) is 4.11. The van der Waals surface area contributed by atoms with E-state index in [-0.39, 0.29) is 6.54 Å². The van der Waals surface area contributed by atoms with Gasteiger partial charge in [0.2, 0.25) is 5.79 Å². The molecule has 1 aliphatic rings. The predicted octanol–water partition coefficient (Wildman–Crippen LogP) is 1.64. The number of hydrogen-bond acceptors (Lipinski definition) is 5. The van der Waals surface area contributed by atoms with Crippen molar-refractivity contribution >= 4 is 11.7 Å². The first-order valence-electron chi connectivity index (χ1n) is 6.86. The molecule has 2 rings (SSSR count). The molecule has 1 aliphatic heterocycles.